The number of nitrogens with zero attached hydrogens (tertiary/aromatic N) is 3. The average molecular weight is 382 g/mol. The van der Waals surface area contributed by atoms with Gasteiger partial charge in [0.15, 0.2) is 5.82 Å². The van der Waals surface area contributed by atoms with Crippen molar-refractivity contribution in [1.29, 1.82) is 0 Å². The maximum atomic E-state index is 13.7. The fourth-order valence-corrected chi connectivity index (χ4v) is 2.68. The molecular formula is C15H13BrFN3O3. The summed E-state index contributed by atoms with van der Waals surface area (Å²) in [6, 6.07) is 4.13. The number of hydrogen-bond donors (Lipinski definition) is 0. The third-order valence-electron chi connectivity index (χ3n) is 3.45. The van der Waals surface area contributed by atoms with Gasteiger partial charge in [0, 0.05) is 22.7 Å². The highest BCUT2D eigenvalue weighted by atomic mass is 79.9. The van der Waals surface area contributed by atoms with Crippen molar-refractivity contribution in [2.75, 3.05) is 19.8 Å². The molecule has 1 aromatic heterocycles. The van der Waals surface area contributed by atoms with Gasteiger partial charge in [0.05, 0.1) is 13.2 Å². The van der Waals surface area contributed by atoms with Crippen LogP contribution in [0.25, 0.3) is 6.08 Å². The van der Waals surface area contributed by atoms with E-state index in [4.69, 9.17) is 9.26 Å². The molecule has 1 aliphatic heterocycles. The van der Waals surface area contributed by atoms with Gasteiger partial charge in [-0.1, -0.05) is 21.1 Å². The number of hydrogen-bond acceptors (Lipinski definition) is 5. The summed E-state index contributed by atoms with van der Waals surface area (Å²) < 4.78 is 24.6. The molecule has 2 aromatic rings. The number of ether oxygens (including phenoxy) is 1. The van der Waals surface area contributed by atoms with Crippen molar-refractivity contribution < 1.29 is 18.4 Å². The van der Waals surface area contributed by atoms with Crippen LogP contribution in [0.3, 0.4) is 0 Å². The van der Waals surface area contributed by atoms with E-state index in [-0.39, 0.29) is 5.91 Å². The molecule has 1 unspecified atom stereocenters. The smallest absolute Gasteiger partial charge is 0.247 e. The van der Waals surface area contributed by atoms with Gasteiger partial charge < -0.3 is 14.2 Å². The minimum Gasteiger partial charge on any atom is -0.377 e. The molecule has 1 fully saturated rings. The van der Waals surface area contributed by atoms with E-state index in [0.717, 1.165) is 4.47 Å². The summed E-state index contributed by atoms with van der Waals surface area (Å²) in [5.41, 5.74) is 0.331. The van der Waals surface area contributed by atoms with Crippen LogP contribution < -0.4 is 0 Å². The number of amides is 1. The van der Waals surface area contributed by atoms with Crippen molar-refractivity contribution in [2.24, 2.45) is 0 Å². The Morgan fingerprint density at radius 2 is 2.35 bits per heavy atom. The lowest BCUT2D eigenvalue weighted by Crippen LogP contribution is -2.43. The monoisotopic (exact) mass is 381 g/mol. The zero-order valence-corrected chi connectivity index (χ0v) is 13.6. The maximum absolute atomic E-state index is 13.7. The average Bonchev–Trinajstić information content (AvgIpc) is 3.10. The molecule has 0 spiro atoms. The van der Waals surface area contributed by atoms with Crippen molar-refractivity contribution in [3.05, 3.63) is 52.3 Å². The van der Waals surface area contributed by atoms with E-state index >= 15 is 0 Å². The van der Waals surface area contributed by atoms with Crippen LogP contribution in [0.5, 0.6) is 0 Å². The molecule has 1 aromatic carbocycles. The molecule has 2 heterocycles. The maximum Gasteiger partial charge on any atom is 0.247 e. The van der Waals surface area contributed by atoms with Crippen LogP contribution in [0, 0.1) is 5.82 Å². The molecule has 120 valence electrons. The van der Waals surface area contributed by atoms with E-state index < -0.39 is 11.9 Å². The van der Waals surface area contributed by atoms with Crippen molar-refractivity contribution in [2.45, 2.75) is 6.04 Å². The second-order valence-corrected chi connectivity index (χ2v) is 5.83. The van der Waals surface area contributed by atoms with E-state index in [1.54, 1.807) is 17.0 Å². The molecule has 0 aliphatic carbocycles. The third-order valence-corrected chi connectivity index (χ3v) is 3.94. The van der Waals surface area contributed by atoms with Crippen LogP contribution in [0.1, 0.15) is 17.4 Å². The molecular weight excluding hydrogens is 369 g/mol. The first-order valence-electron chi connectivity index (χ1n) is 6.93. The number of aromatic nitrogens is 2. The highest BCUT2D eigenvalue weighted by Gasteiger charge is 2.30. The Morgan fingerprint density at radius 3 is 3.13 bits per heavy atom. The van der Waals surface area contributed by atoms with Crippen molar-refractivity contribution in [3.8, 4) is 0 Å². The van der Waals surface area contributed by atoms with Gasteiger partial charge in [-0.3, -0.25) is 4.79 Å². The number of carbonyl (C=O) groups is 1. The van der Waals surface area contributed by atoms with Gasteiger partial charge in [-0.2, -0.15) is 4.98 Å². The summed E-state index contributed by atoms with van der Waals surface area (Å²) >= 11 is 3.28. The van der Waals surface area contributed by atoms with Gasteiger partial charge in [0.25, 0.3) is 0 Å². The molecule has 0 radical (unpaired) electrons. The summed E-state index contributed by atoms with van der Waals surface area (Å²) in [5, 5.41) is 3.77. The van der Waals surface area contributed by atoms with E-state index in [0.29, 0.717) is 31.1 Å². The predicted octanol–water partition coefficient (Wildman–Crippen LogP) is 2.58. The number of carbonyl (C=O) groups excluding carboxylic acids is 1. The van der Waals surface area contributed by atoms with Crippen LogP contribution in [0.2, 0.25) is 0 Å². The second-order valence-electron chi connectivity index (χ2n) is 4.91. The largest absolute Gasteiger partial charge is 0.377 e. The van der Waals surface area contributed by atoms with E-state index in [2.05, 4.69) is 26.1 Å². The quantitative estimate of drug-likeness (QED) is 0.764. The Bertz CT molecular complexity index is 721. The van der Waals surface area contributed by atoms with Gasteiger partial charge in [-0.25, -0.2) is 4.39 Å². The molecule has 0 bridgehead atoms. The van der Waals surface area contributed by atoms with Crippen molar-refractivity contribution in [3.63, 3.8) is 0 Å². The van der Waals surface area contributed by atoms with Gasteiger partial charge in [-0.15, -0.1) is 0 Å². The zero-order chi connectivity index (χ0) is 16.2. The van der Waals surface area contributed by atoms with Gasteiger partial charge in [0.2, 0.25) is 12.3 Å². The Morgan fingerprint density at radius 1 is 1.48 bits per heavy atom. The molecule has 0 saturated carbocycles. The SMILES string of the molecule is O=C(/C=C/c1cc(Br)ccc1F)N1CCOCC1c1ncon1. The lowest BCUT2D eigenvalue weighted by Gasteiger charge is -2.32. The van der Waals surface area contributed by atoms with Crippen LogP contribution in [0.15, 0.2) is 39.7 Å². The van der Waals surface area contributed by atoms with E-state index in [9.17, 15) is 9.18 Å². The molecule has 1 amide bonds. The molecule has 3 rings (SSSR count). The first-order chi connectivity index (χ1) is 11.1. The Balaban J connectivity index is 1.78. The summed E-state index contributed by atoms with van der Waals surface area (Å²) in [4.78, 5) is 18.0. The lowest BCUT2D eigenvalue weighted by molar-refractivity contribution is -0.135. The molecule has 6 nitrogen and oxygen atoms in total. The summed E-state index contributed by atoms with van der Waals surface area (Å²) in [6.45, 7) is 1.13. The molecule has 8 heteroatoms. The van der Waals surface area contributed by atoms with Gasteiger partial charge >= 0.3 is 0 Å². The number of rotatable bonds is 3. The van der Waals surface area contributed by atoms with Crippen LogP contribution in [-0.2, 0) is 9.53 Å². The van der Waals surface area contributed by atoms with Crippen LogP contribution in [0.4, 0.5) is 4.39 Å². The Hall–Kier alpha value is -2.06. The van der Waals surface area contributed by atoms with E-state index in [1.807, 2.05) is 0 Å². The minimum atomic E-state index is -0.410. The van der Waals surface area contributed by atoms with E-state index in [1.165, 1.54) is 24.6 Å². The standard InChI is InChI=1S/C15H13BrFN3O3/c16-11-2-3-12(17)10(7-11)1-4-14(21)20-5-6-22-8-13(20)15-18-9-23-19-15/h1-4,7,9,13H,5-6,8H2/b4-1+. The van der Waals surface area contributed by atoms with Crippen molar-refractivity contribution >= 4 is 27.9 Å². The Kier molecular flexibility index (Phi) is 4.82. The first kappa shape index (κ1) is 15.8. The molecule has 23 heavy (non-hydrogen) atoms. The molecule has 0 N–H and O–H groups in total. The fraction of sp³-hybridized carbons (Fsp3) is 0.267. The molecule has 1 aliphatic rings. The molecule has 1 atom stereocenters. The van der Waals surface area contributed by atoms with Crippen molar-refractivity contribution in [1.82, 2.24) is 15.0 Å². The third kappa shape index (κ3) is 3.65. The second kappa shape index (κ2) is 7.01. The van der Waals surface area contributed by atoms with Gasteiger partial charge in [0.1, 0.15) is 11.9 Å². The summed E-state index contributed by atoms with van der Waals surface area (Å²) in [6.07, 6.45) is 3.99. The van der Waals surface area contributed by atoms with Gasteiger partial charge in [-0.05, 0) is 24.3 Å². The minimum absolute atomic E-state index is 0.262. The Labute approximate surface area is 140 Å². The summed E-state index contributed by atoms with van der Waals surface area (Å²) in [5.74, 6) is -0.267. The normalized spacial score (nSPS) is 18.5. The van der Waals surface area contributed by atoms with Crippen LogP contribution in [-0.4, -0.2) is 40.7 Å². The predicted molar refractivity (Wildman–Crippen MR) is 82.7 cm³/mol. The lowest BCUT2D eigenvalue weighted by atomic mass is 10.1. The number of halogens is 2. The number of benzene rings is 1. The highest BCUT2D eigenvalue weighted by Crippen LogP contribution is 2.22. The fourth-order valence-electron chi connectivity index (χ4n) is 2.31. The first-order valence-corrected chi connectivity index (χ1v) is 7.72. The number of morpholine rings is 1. The topological polar surface area (TPSA) is 68.5 Å². The molecule has 1 saturated heterocycles. The van der Waals surface area contributed by atoms with Crippen LogP contribution >= 0.6 is 15.9 Å². The zero-order valence-electron chi connectivity index (χ0n) is 12.0. The highest BCUT2D eigenvalue weighted by molar-refractivity contribution is 9.10. The summed E-state index contributed by atoms with van der Waals surface area (Å²) in [7, 11) is 0.